The van der Waals surface area contributed by atoms with Crippen LogP contribution in [0.4, 0.5) is 0 Å². The Morgan fingerprint density at radius 2 is 1.60 bits per heavy atom. The molecule has 2 aromatic carbocycles. The van der Waals surface area contributed by atoms with E-state index in [0.717, 1.165) is 16.7 Å². The number of aliphatic hydroxyl groups is 1. The lowest BCUT2D eigenvalue weighted by molar-refractivity contribution is 0.0433. The Labute approximate surface area is 118 Å². The van der Waals surface area contributed by atoms with Crippen LogP contribution < -0.4 is 0 Å². The van der Waals surface area contributed by atoms with Crippen LogP contribution in [0, 0.1) is 0 Å². The third-order valence-electron chi connectivity index (χ3n) is 2.92. The second-order valence-electron chi connectivity index (χ2n) is 4.25. The molecule has 0 aromatic heterocycles. The zero-order valence-corrected chi connectivity index (χ0v) is 11.1. The standard InChI is InChI=1S/C17H16O3/c1-13(14-7-3-2-4-8-14)15-9-5-6-10-16(15)17(19)20-12-11-18/h2-10,18H,1,11-12H2. The summed E-state index contributed by atoms with van der Waals surface area (Å²) in [6, 6.07) is 16.8. The van der Waals surface area contributed by atoms with E-state index in [2.05, 4.69) is 6.58 Å². The van der Waals surface area contributed by atoms with Gasteiger partial charge in [0.05, 0.1) is 12.2 Å². The fourth-order valence-corrected chi connectivity index (χ4v) is 1.94. The van der Waals surface area contributed by atoms with Crippen LogP contribution in [-0.4, -0.2) is 24.3 Å². The monoisotopic (exact) mass is 268 g/mol. The maximum atomic E-state index is 12.0. The van der Waals surface area contributed by atoms with Gasteiger partial charge in [0.2, 0.25) is 0 Å². The molecular formula is C17H16O3. The lowest BCUT2D eigenvalue weighted by Gasteiger charge is -2.11. The molecule has 0 saturated carbocycles. The number of carbonyl (C=O) groups excluding carboxylic acids is 1. The van der Waals surface area contributed by atoms with Crippen LogP contribution in [0.1, 0.15) is 21.5 Å². The molecule has 0 fully saturated rings. The summed E-state index contributed by atoms with van der Waals surface area (Å²) in [5, 5.41) is 8.72. The predicted octanol–water partition coefficient (Wildman–Crippen LogP) is 2.90. The first-order valence-corrected chi connectivity index (χ1v) is 6.35. The van der Waals surface area contributed by atoms with E-state index >= 15 is 0 Å². The van der Waals surface area contributed by atoms with Crippen molar-refractivity contribution in [1.29, 1.82) is 0 Å². The number of benzene rings is 2. The zero-order chi connectivity index (χ0) is 14.4. The van der Waals surface area contributed by atoms with Crippen molar-refractivity contribution in [2.24, 2.45) is 0 Å². The molecule has 0 aliphatic heterocycles. The molecule has 102 valence electrons. The van der Waals surface area contributed by atoms with Gasteiger partial charge in [-0.25, -0.2) is 4.79 Å². The van der Waals surface area contributed by atoms with Crippen LogP contribution in [0.2, 0.25) is 0 Å². The zero-order valence-electron chi connectivity index (χ0n) is 11.1. The van der Waals surface area contributed by atoms with Crippen LogP contribution in [0.5, 0.6) is 0 Å². The third-order valence-corrected chi connectivity index (χ3v) is 2.92. The molecule has 0 aliphatic carbocycles. The summed E-state index contributed by atoms with van der Waals surface area (Å²) < 4.78 is 4.97. The summed E-state index contributed by atoms with van der Waals surface area (Å²) in [7, 11) is 0. The van der Waals surface area contributed by atoms with Crippen LogP contribution >= 0.6 is 0 Å². The molecule has 2 rings (SSSR count). The molecule has 3 heteroatoms. The largest absolute Gasteiger partial charge is 0.460 e. The van der Waals surface area contributed by atoms with E-state index < -0.39 is 5.97 Å². The van der Waals surface area contributed by atoms with Crippen LogP contribution in [0.15, 0.2) is 61.2 Å². The van der Waals surface area contributed by atoms with Crippen molar-refractivity contribution in [2.45, 2.75) is 0 Å². The molecule has 0 unspecified atom stereocenters. The van der Waals surface area contributed by atoms with E-state index in [1.54, 1.807) is 12.1 Å². The van der Waals surface area contributed by atoms with Gasteiger partial charge in [-0.3, -0.25) is 0 Å². The van der Waals surface area contributed by atoms with Crippen molar-refractivity contribution < 1.29 is 14.6 Å². The van der Waals surface area contributed by atoms with Gasteiger partial charge in [0.25, 0.3) is 0 Å². The first kappa shape index (κ1) is 14.0. The first-order chi connectivity index (χ1) is 9.74. The summed E-state index contributed by atoms with van der Waals surface area (Å²) >= 11 is 0. The molecule has 0 radical (unpaired) electrons. The van der Waals surface area contributed by atoms with Crippen LogP contribution in [0.3, 0.4) is 0 Å². The highest BCUT2D eigenvalue weighted by molar-refractivity contribution is 5.97. The van der Waals surface area contributed by atoms with Gasteiger partial charge >= 0.3 is 5.97 Å². The minimum Gasteiger partial charge on any atom is -0.460 e. The number of hydrogen-bond donors (Lipinski definition) is 1. The molecule has 0 heterocycles. The van der Waals surface area contributed by atoms with Gasteiger partial charge in [-0.05, 0) is 22.8 Å². The number of aliphatic hydroxyl groups excluding tert-OH is 1. The molecule has 0 saturated heterocycles. The van der Waals surface area contributed by atoms with Crippen molar-refractivity contribution in [1.82, 2.24) is 0 Å². The Morgan fingerprint density at radius 1 is 1.00 bits per heavy atom. The molecule has 0 spiro atoms. The van der Waals surface area contributed by atoms with Crippen molar-refractivity contribution in [3.63, 3.8) is 0 Å². The van der Waals surface area contributed by atoms with Gasteiger partial charge in [-0.2, -0.15) is 0 Å². The topological polar surface area (TPSA) is 46.5 Å². The second kappa shape index (κ2) is 6.68. The van der Waals surface area contributed by atoms with Gasteiger partial charge in [0, 0.05) is 0 Å². The Balaban J connectivity index is 2.33. The molecular weight excluding hydrogens is 252 g/mol. The molecule has 3 nitrogen and oxygen atoms in total. The summed E-state index contributed by atoms with van der Waals surface area (Å²) in [6.07, 6.45) is 0. The van der Waals surface area contributed by atoms with E-state index in [4.69, 9.17) is 9.84 Å². The highest BCUT2D eigenvalue weighted by Crippen LogP contribution is 2.25. The van der Waals surface area contributed by atoms with E-state index in [-0.39, 0.29) is 13.2 Å². The van der Waals surface area contributed by atoms with Crippen LogP contribution in [-0.2, 0) is 4.74 Å². The minimum absolute atomic E-state index is 0.00895. The Morgan fingerprint density at radius 3 is 2.25 bits per heavy atom. The van der Waals surface area contributed by atoms with Gasteiger partial charge < -0.3 is 9.84 Å². The summed E-state index contributed by atoms with van der Waals surface area (Å²) in [6.45, 7) is 3.87. The maximum absolute atomic E-state index is 12.0. The molecule has 0 aliphatic rings. The highest BCUT2D eigenvalue weighted by atomic mass is 16.5. The Kier molecular flexibility index (Phi) is 4.69. The number of hydrogen-bond acceptors (Lipinski definition) is 3. The van der Waals surface area contributed by atoms with E-state index in [1.165, 1.54) is 0 Å². The summed E-state index contributed by atoms with van der Waals surface area (Å²) in [5.74, 6) is -0.452. The Bertz CT molecular complexity index is 603. The molecule has 0 atom stereocenters. The number of ether oxygens (including phenoxy) is 1. The fourth-order valence-electron chi connectivity index (χ4n) is 1.94. The van der Waals surface area contributed by atoms with Gasteiger partial charge in [0.1, 0.15) is 6.61 Å². The molecule has 1 N–H and O–H groups in total. The fraction of sp³-hybridized carbons (Fsp3) is 0.118. The number of rotatable bonds is 5. The average molecular weight is 268 g/mol. The van der Waals surface area contributed by atoms with E-state index in [1.807, 2.05) is 42.5 Å². The SMILES string of the molecule is C=C(c1ccccc1)c1ccccc1C(=O)OCCO. The first-order valence-electron chi connectivity index (χ1n) is 6.35. The van der Waals surface area contributed by atoms with Gasteiger partial charge in [-0.1, -0.05) is 55.1 Å². The number of esters is 1. The third kappa shape index (κ3) is 3.13. The van der Waals surface area contributed by atoms with Gasteiger partial charge in [0.15, 0.2) is 0 Å². The smallest absolute Gasteiger partial charge is 0.338 e. The minimum atomic E-state index is -0.452. The number of carbonyl (C=O) groups is 1. The van der Waals surface area contributed by atoms with Crippen molar-refractivity contribution in [3.8, 4) is 0 Å². The highest BCUT2D eigenvalue weighted by Gasteiger charge is 2.14. The predicted molar refractivity (Wildman–Crippen MR) is 78.4 cm³/mol. The van der Waals surface area contributed by atoms with E-state index in [9.17, 15) is 4.79 Å². The van der Waals surface area contributed by atoms with Crippen molar-refractivity contribution in [3.05, 3.63) is 77.9 Å². The van der Waals surface area contributed by atoms with E-state index in [0.29, 0.717) is 5.56 Å². The quantitative estimate of drug-likeness (QED) is 0.848. The average Bonchev–Trinajstić information content (AvgIpc) is 2.52. The molecule has 0 amide bonds. The lowest BCUT2D eigenvalue weighted by atomic mass is 9.95. The van der Waals surface area contributed by atoms with Crippen molar-refractivity contribution >= 4 is 11.5 Å². The summed E-state index contributed by atoms with van der Waals surface area (Å²) in [4.78, 5) is 12.0. The van der Waals surface area contributed by atoms with Crippen molar-refractivity contribution in [2.75, 3.05) is 13.2 Å². The van der Waals surface area contributed by atoms with Gasteiger partial charge in [-0.15, -0.1) is 0 Å². The lowest BCUT2D eigenvalue weighted by Crippen LogP contribution is -2.11. The summed E-state index contributed by atoms with van der Waals surface area (Å²) in [5.41, 5.74) is 2.91. The van der Waals surface area contributed by atoms with Crippen LogP contribution in [0.25, 0.3) is 5.57 Å². The maximum Gasteiger partial charge on any atom is 0.338 e. The molecule has 0 bridgehead atoms. The molecule has 2 aromatic rings. The second-order valence-corrected chi connectivity index (χ2v) is 4.25. The Hall–Kier alpha value is -2.39. The molecule has 20 heavy (non-hydrogen) atoms. The normalized spacial score (nSPS) is 10.1.